The van der Waals surface area contributed by atoms with Gasteiger partial charge in [0.05, 0.1) is 10.8 Å². The van der Waals surface area contributed by atoms with Gasteiger partial charge >= 0.3 is 5.97 Å². The van der Waals surface area contributed by atoms with Gasteiger partial charge in [-0.05, 0) is 37.8 Å². The Labute approximate surface area is 162 Å². The molecule has 1 aromatic carbocycles. The van der Waals surface area contributed by atoms with Crippen molar-refractivity contribution in [2.75, 3.05) is 19.6 Å². The number of aryl methyl sites for hydroxylation is 1. The summed E-state index contributed by atoms with van der Waals surface area (Å²) in [5, 5.41) is 20.2. The van der Waals surface area contributed by atoms with Crippen LogP contribution < -0.4 is 0 Å². The largest absolute Gasteiger partial charge is 0.481 e. The number of likely N-dealkylation sites (tertiary alicyclic amines) is 2. The predicted octanol–water partition coefficient (Wildman–Crippen LogP) is 1.69. The van der Waals surface area contributed by atoms with E-state index < -0.39 is 22.9 Å². The Morgan fingerprint density at radius 3 is 2.54 bits per heavy atom. The first kappa shape index (κ1) is 19.8. The molecule has 150 valence electrons. The van der Waals surface area contributed by atoms with Crippen LogP contribution in [0.1, 0.15) is 35.7 Å². The zero-order valence-electron chi connectivity index (χ0n) is 15.8. The van der Waals surface area contributed by atoms with E-state index in [0.29, 0.717) is 37.1 Å². The summed E-state index contributed by atoms with van der Waals surface area (Å²) in [7, 11) is 0. The minimum absolute atomic E-state index is 0.0589. The van der Waals surface area contributed by atoms with Gasteiger partial charge in [0.25, 0.3) is 11.6 Å². The molecule has 2 fully saturated rings. The van der Waals surface area contributed by atoms with E-state index in [1.807, 2.05) is 6.92 Å². The SMILES string of the molecule is Cc1cc(C(=O)N2CCCC2C(=O)N2C[C@@H](C)[C@H](C(=O)O)C2)ccc1[N+](=O)[O-]. The summed E-state index contributed by atoms with van der Waals surface area (Å²) < 4.78 is 0. The minimum atomic E-state index is -0.913. The van der Waals surface area contributed by atoms with Crippen molar-refractivity contribution in [1.82, 2.24) is 9.80 Å². The fraction of sp³-hybridized carbons (Fsp3) is 0.526. The first-order valence-electron chi connectivity index (χ1n) is 9.28. The van der Waals surface area contributed by atoms with E-state index in [4.69, 9.17) is 0 Å². The molecule has 0 aromatic heterocycles. The van der Waals surface area contributed by atoms with Crippen LogP contribution in [0.2, 0.25) is 0 Å². The Bertz CT molecular complexity index is 839. The smallest absolute Gasteiger partial charge is 0.308 e. The normalized spacial score (nSPS) is 24.4. The number of nitro benzene ring substituents is 1. The zero-order chi connectivity index (χ0) is 20.6. The Hall–Kier alpha value is -2.97. The van der Waals surface area contributed by atoms with Gasteiger partial charge in [0.2, 0.25) is 5.91 Å². The molecule has 0 aliphatic carbocycles. The average molecular weight is 389 g/mol. The highest BCUT2D eigenvalue weighted by Gasteiger charge is 2.42. The maximum Gasteiger partial charge on any atom is 0.308 e. The van der Waals surface area contributed by atoms with E-state index in [9.17, 15) is 29.6 Å². The van der Waals surface area contributed by atoms with Crippen molar-refractivity contribution in [3.8, 4) is 0 Å². The van der Waals surface area contributed by atoms with Crippen molar-refractivity contribution in [3.05, 3.63) is 39.4 Å². The Kier molecular flexibility index (Phi) is 5.35. The number of carboxylic acids is 1. The van der Waals surface area contributed by atoms with Gasteiger partial charge < -0.3 is 14.9 Å². The number of carbonyl (C=O) groups is 3. The predicted molar refractivity (Wildman–Crippen MR) is 98.8 cm³/mol. The second kappa shape index (κ2) is 7.57. The van der Waals surface area contributed by atoms with E-state index in [0.717, 1.165) is 0 Å². The highest BCUT2D eigenvalue weighted by Crippen LogP contribution is 2.28. The number of hydrogen-bond donors (Lipinski definition) is 1. The third-order valence-corrected chi connectivity index (χ3v) is 5.68. The van der Waals surface area contributed by atoms with Gasteiger partial charge in [-0.15, -0.1) is 0 Å². The third kappa shape index (κ3) is 3.56. The van der Waals surface area contributed by atoms with Gasteiger partial charge in [0.15, 0.2) is 0 Å². The third-order valence-electron chi connectivity index (χ3n) is 5.68. The summed E-state index contributed by atoms with van der Waals surface area (Å²) in [4.78, 5) is 50.7. The lowest BCUT2D eigenvalue weighted by atomic mass is 9.99. The molecule has 28 heavy (non-hydrogen) atoms. The lowest BCUT2D eigenvalue weighted by Crippen LogP contribution is -2.47. The molecule has 2 heterocycles. The van der Waals surface area contributed by atoms with Gasteiger partial charge in [0, 0.05) is 36.8 Å². The molecular formula is C19H23N3O6. The van der Waals surface area contributed by atoms with Crippen LogP contribution in [0, 0.1) is 28.9 Å². The van der Waals surface area contributed by atoms with Gasteiger partial charge in [-0.2, -0.15) is 0 Å². The molecule has 3 rings (SSSR count). The van der Waals surface area contributed by atoms with E-state index >= 15 is 0 Å². The van der Waals surface area contributed by atoms with Crippen molar-refractivity contribution in [3.63, 3.8) is 0 Å². The highest BCUT2D eigenvalue weighted by molar-refractivity contribution is 5.98. The van der Waals surface area contributed by atoms with Gasteiger partial charge in [0.1, 0.15) is 6.04 Å². The summed E-state index contributed by atoms with van der Waals surface area (Å²) in [6.07, 6.45) is 1.21. The summed E-state index contributed by atoms with van der Waals surface area (Å²) in [5.41, 5.74) is 0.632. The van der Waals surface area contributed by atoms with Crippen LogP contribution in [-0.4, -0.2) is 63.3 Å². The first-order chi connectivity index (χ1) is 13.2. The average Bonchev–Trinajstić information content (AvgIpc) is 3.26. The molecule has 3 atom stereocenters. The lowest BCUT2D eigenvalue weighted by molar-refractivity contribution is -0.385. The maximum atomic E-state index is 13.0. The zero-order valence-corrected chi connectivity index (χ0v) is 15.8. The van der Waals surface area contributed by atoms with Crippen LogP contribution in [0.5, 0.6) is 0 Å². The van der Waals surface area contributed by atoms with E-state index in [-0.39, 0.29) is 30.0 Å². The van der Waals surface area contributed by atoms with E-state index in [1.54, 1.807) is 11.8 Å². The second-order valence-corrected chi connectivity index (χ2v) is 7.58. The van der Waals surface area contributed by atoms with Crippen molar-refractivity contribution >= 4 is 23.5 Å². The van der Waals surface area contributed by atoms with Crippen molar-refractivity contribution < 1.29 is 24.4 Å². The molecule has 9 nitrogen and oxygen atoms in total. The number of carbonyl (C=O) groups excluding carboxylic acids is 2. The monoisotopic (exact) mass is 389 g/mol. The highest BCUT2D eigenvalue weighted by atomic mass is 16.6. The standard InChI is InChI=1S/C19H23N3O6/c1-11-8-13(5-6-15(11)22(27)28)17(23)21-7-3-4-16(21)18(24)20-9-12(2)14(10-20)19(25)26/h5-6,8,12,14,16H,3-4,7,9-10H2,1-2H3,(H,25,26)/t12-,14-,16?/m1/s1. The summed E-state index contributed by atoms with van der Waals surface area (Å²) in [5.74, 6) is -2.20. The minimum Gasteiger partial charge on any atom is -0.481 e. The lowest BCUT2D eigenvalue weighted by Gasteiger charge is -2.28. The number of carboxylic acid groups (broad SMARTS) is 1. The van der Waals surface area contributed by atoms with Crippen LogP contribution in [0.3, 0.4) is 0 Å². The second-order valence-electron chi connectivity index (χ2n) is 7.58. The number of rotatable bonds is 4. The number of nitrogens with zero attached hydrogens (tertiary/aromatic N) is 3. The van der Waals surface area contributed by atoms with Crippen LogP contribution in [-0.2, 0) is 9.59 Å². The molecule has 1 unspecified atom stereocenters. The fourth-order valence-electron chi connectivity index (χ4n) is 4.10. The summed E-state index contributed by atoms with van der Waals surface area (Å²) in [6, 6.07) is 3.56. The van der Waals surface area contributed by atoms with Crippen molar-refractivity contribution in [1.29, 1.82) is 0 Å². The molecule has 0 bridgehead atoms. The Morgan fingerprint density at radius 1 is 1.25 bits per heavy atom. The van der Waals surface area contributed by atoms with Crippen molar-refractivity contribution in [2.24, 2.45) is 11.8 Å². The van der Waals surface area contributed by atoms with Gasteiger partial charge in [-0.3, -0.25) is 24.5 Å². The van der Waals surface area contributed by atoms with Crippen LogP contribution >= 0.6 is 0 Å². The van der Waals surface area contributed by atoms with Crippen LogP contribution in [0.25, 0.3) is 0 Å². The van der Waals surface area contributed by atoms with Crippen LogP contribution in [0.4, 0.5) is 5.69 Å². The van der Waals surface area contributed by atoms with Gasteiger partial charge in [-0.1, -0.05) is 6.92 Å². The molecule has 0 saturated carbocycles. The molecule has 2 aliphatic rings. The van der Waals surface area contributed by atoms with Gasteiger partial charge in [-0.25, -0.2) is 0 Å². The number of hydrogen-bond acceptors (Lipinski definition) is 5. The molecule has 1 N–H and O–H groups in total. The molecule has 2 saturated heterocycles. The number of nitro groups is 1. The maximum absolute atomic E-state index is 13.0. The molecule has 2 amide bonds. The van der Waals surface area contributed by atoms with Crippen molar-refractivity contribution in [2.45, 2.75) is 32.7 Å². The van der Waals surface area contributed by atoms with E-state index in [1.165, 1.54) is 23.1 Å². The van der Waals surface area contributed by atoms with E-state index in [2.05, 4.69) is 0 Å². The summed E-state index contributed by atoms with van der Waals surface area (Å²) in [6.45, 7) is 4.33. The fourth-order valence-corrected chi connectivity index (χ4v) is 4.10. The quantitative estimate of drug-likeness (QED) is 0.618. The van der Waals surface area contributed by atoms with Crippen LogP contribution in [0.15, 0.2) is 18.2 Å². The molecular weight excluding hydrogens is 366 g/mol. The Morgan fingerprint density at radius 2 is 1.96 bits per heavy atom. The number of amides is 2. The number of aliphatic carboxylic acids is 1. The molecule has 1 aromatic rings. The first-order valence-corrected chi connectivity index (χ1v) is 9.28. The Balaban J connectivity index is 1.76. The topological polar surface area (TPSA) is 121 Å². The summed E-state index contributed by atoms with van der Waals surface area (Å²) >= 11 is 0. The molecule has 9 heteroatoms. The molecule has 0 radical (unpaired) electrons. The molecule has 2 aliphatic heterocycles. The number of benzene rings is 1. The molecule has 0 spiro atoms.